The molecule has 8 nitrogen and oxygen atoms in total. The third kappa shape index (κ3) is 6.45. The fraction of sp³-hybridized carbons (Fsp3) is 0.733. The van der Waals surface area contributed by atoms with Crippen LogP contribution in [0.5, 0.6) is 0 Å². The number of nitrogens with one attached hydrogen (secondary N) is 1. The number of piperidine rings is 1. The number of nitrogens with zero attached hydrogens (tertiary/aromatic N) is 1. The van der Waals surface area contributed by atoms with Crippen molar-refractivity contribution in [3.05, 3.63) is 0 Å². The molecule has 1 heterocycles. The van der Waals surface area contributed by atoms with E-state index in [1.165, 1.54) is 0 Å². The smallest absolute Gasteiger partial charge is 0.326 e. The second-order valence-electron chi connectivity index (χ2n) is 5.96. The second kappa shape index (κ2) is 10.2. The van der Waals surface area contributed by atoms with Gasteiger partial charge in [-0.2, -0.15) is 0 Å². The van der Waals surface area contributed by atoms with E-state index >= 15 is 0 Å². The number of halogens is 1. The Kier molecular flexibility index (Phi) is 9.53. The largest absolute Gasteiger partial charge is 0.465 e. The quantitative estimate of drug-likeness (QED) is 0.484. The number of nitrogens with two attached hydrogens (primary N) is 1. The Labute approximate surface area is 147 Å². The van der Waals surface area contributed by atoms with Crippen LogP contribution in [0.1, 0.15) is 40.0 Å². The first-order valence-electron chi connectivity index (χ1n) is 7.82. The van der Waals surface area contributed by atoms with Crippen molar-refractivity contribution in [1.82, 2.24) is 10.2 Å². The molecular weight excluding hydrogens is 338 g/mol. The molecule has 0 aromatic rings. The zero-order chi connectivity index (χ0) is 17.6. The molecule has 1 aliphatic heterocycles. The zero-order valence-corrected chi connectivity index (χ0v) is 15.1. The van der Waals surface area contributed by atoms with E-state index in [1.807, 2.05) is 13.8 Å². The minimum atomic E-state index is -0.840. The van der Waals surface area contributed by atoms with Gasteiger partial charge in [-0.05, 0) is 25.7 Å². The van der Waals surface area contributed by atoms with Gasteiger partial charge in [-0.1, -0.05) is 13.8 Å². The van der Waals surface area contributed by atoms with E-state index in [9.17, 15) is 19.2 Å². The Morgan fingerprint density at radius 2 is 2.00 bits per heavy atom. The molecule has 3 amide bonds. The lowest BCUT2D eigenvalue weighted by atomic mass is 10.0. The van der Waals surface area contributed by atoms with E-state index in [0.717, 1.165) is 4.90 Å². The minimum absolute atomic E-state index is 0. The Morgan fingerprint density at radius 1 is 1.38 bits per heavy atom. The maximum atomic E-state index is 12.3. The summed E-state index contributed by atoms with van der Waals surface area (Å²) in [5.41, 5.74) is 5.78. The van der Waals surface area contributed by atoms with E-state index in [1.54, 1.807) is 6.92 Å². The molecule has 0 unspecified atom stereocenters. The maximum absolute atomic E-state index is 12.3. The monoisotopic (exact) mass is 363 g/mol. The molecule has 1 fully saturated rings. The molecule has 3 N–H and O–H groups in total. The van der Waals surface area contributed by atoms with Gasteiger partial charge in [0, 0.05) is 6.42 Å². The number of imide groups is 1. The summed E-state index contributed by atoms with van der Waals surface area (Å²) in [5, 5.41) is 2.57. The molecule has 0 radical (unpaired) electrons. The molecule has 24 heavy (non-hydrogen) atoms. The van der Waals surface area contributed by atoms with Crippen LogP contribution in [0.25, 0.3) is 0 Å². The fourth-order valence-corrected chi connectivity index (χ4v) is 2.37. The van der Waals surface area contributed by atoms with Gasteiger partial charge in [0.2, 0.25) is 11.8 Å². The van der Waals surface area contributed by atoms with Crippen molar-refractivity contribution in [2.24, 2.45) is 11.7 Å². The fourth-order valence-electron chi connectivity index (χ4n) is 2.37. The first-order valence-corrected chi connectivity index (χ1v) is 7.82. The first kappa shape index (κ1) is 22.3. The van der Waals surface area contributed by atoms with Gasteiger partial charge in [-0.3, -0.25) is 24.1 Å². The van der Waals surface area contributed by atoms with E-state index < -0.39 is 42.3 Å². The molecule has 0 aromatic heterocycles. The van der Waals surface area contributed by atoms with E-state index in [-0.39, 0.29) is 37.8 Å². The van der Waals surface area contributed by atoms with Crippen molar-refractivity contribution in [3.63, 3.8) is 0 Å². The summed E-state index contributed by atoms with van der Waals surface area (Å²) in [5.74, 6) is -1.88. The number of carbonyl (C=O) groups is 4. The molecule has 0 aliphatic carbocycles. The SMILES string of the molecule is CCOC(=O)CN1C(=O)CC[C@H](NC(=O)[C@@H](N)CC(C)C)C1=O.Cl. The number of likely N-dealkylation sites (tertiary alicyclic amines) is 1. The lowest BCUT2D eigenvalue weighted by Gasteiger charge is -2.31. The van der Waals surface area contributed by atoms with Gasteiger partial charge in [0.15, 0.2) is 0 Å². The molecule has 1 aliphatic rings. The summed E-state index contributed by atoms with van der Waals surface area (Å²) in [7, 11) is 0. The molecule has 1 rings (SSSR count). The van der Waals surface area contributed by atoms with Crippen LogP contribution in [0.15, 0.2) is 0 Å². The molecule has 0 bridgehead atoms. The Bertz CT molecular complexity index is 484. The van der Waals surface area contributed by atoms with Crippen molar-refractivity contribution in [3.8, 4) is 0 Å². The molecule has 9 heteroatoms. The first-order chi connectivity index (χ1) is 10.8. The van der Waals surface area contributed by atoms with Gasteiger partial charge in [0.25, 0.3) is 5.91 Å². The molecule has 0 saturated carbocycles. The van der Waals surface area contributed by atoms with Crippen LogP contribution in [0.4, 0.5) is 0 Å². The summed E-state index contributed by atoms with van der Waals surface area (Å²) in [6.07, 6.45) is 0.783. The van der Waals surface area contributed by atoms with Crippen LogP contribution in [0.3, 0.4) is 0 Å². The summed E-state index contributed by atoms with van der Waals surface area (Å²) in [6, 6.07) is -1.55. The minimum Gasteiger partial charge on any atom is -0.465 e. The third-order valence-electron chi connectivity index (χ3n) is 3.48. The van der Waals surface area contributed by atoms with E-state index in [4.69, 9.17) is 10.5 Å². The van der Waals surface area contributed by atoms with Crippen molar-refractivity contribution in [1.29, 1.82) is 0 Å². The number of ether oxygens (including phenoxy) is 1. The molecule has 0 aromatic carbocycles. The highest BCUT2D eigenvalue weighted by Gasteiger charge is 2.37. The number of rotatable bonds is 7. The van der Waals surface area contributed by atoms with Crippen LogP contribution < -0.4 is 11.1 Å². The van der Waals surface area contributed by atoms with Crippen LogP contribution in [-0.4, -0.2) is 53.8 Å². The van der Waals surface area contributed by atoms with Crippen LogP contribution in [-0.2, 0) is 23.9 Å². The van der Waals surface area contributed by atoms with Crippen molar-refractivity contribution in [2.75, 3.05) is 13.2 Å². The summed E-state index contributed by atoms with van der Waals surface area (Å²) >= 11 is 0. The molecule has 138 valence electrons. The second-order valence-corrected chi connectivity index (χ2v) is 5.96. The highest BCUT2D eigenvalue weighted by atomic mass is 35.5. The highest BCUT2D eigenvalue weighted by Crippen LogP contribution is 2.14. The summed E-state index contributed by atoms with van der Waals surface area (Å²) < 4.78 is 4.75. The number of hydrogen-bond acceptors (Lipinski definition) is 6. The lowest BCUT2D eigenvalue weighted by molar-refractivity contribution is -0.158. The Hall–Kier alpha value is -1.67. The molecule has 2 atom stereocenters. The number of carbonyl (C=O) groups excluding carboxylic acids is 4. The van der Waals surface area contributed by atoms with Gasteiger partial charge in [0.05, 0.1) is 12.6 Å². The average Bonchev–Trinajstić information content (AvgIpc) is 2.46. The van der Waals surface area contributed by atoms with Crippen molar-refractivity contribution in [2.45, 2.75) is 52.1 Å². The highest BCUT2D eigenvalue weighted by molar-refractivity contribution is 6.04. The van der Waals surface area contributed by atoms with Crippen LogP contribution in [0, 0.1) is 5.92 Å². The van der Waals surface area contributed by atoms with Gasteiger partial charge in [-0.25, -0.2) is 0 Å². The van der Waals surface area contributed by atoms with E-state index in [2.05, 4.69) is 5.32 Å². The maximum Gasteiger partial charge on any atom is 0.326 e. The number of esters is 1. The van der Waals surface area contributed by atoms with E-state index in [0.29, 0.717) is 6.42 Å². The standard InChI is InChI=1S/C15H25N3O5.ClH/c1-4-23-13(20)8-18-12(19)6-5-11(15(18)22)17-14(21)10(16)7-9(2)3;/h9-11H,4-8,16H2,1-3H3,(H,17,21);1H/t10-,11-;/m0./s1. The normalized spacial score (nSPS) is 18.9. The lowest BCUT2D eigenvalue weighted by Crippen LogP contribution is -2.57. The zero-order valence-electron chi connectivity index (χ0n) is 14.2. The molecule has 0 spiro atoms. The summed E-state index contributed by atoms with van der Waals surface area (Å²) in [6.45, 7) is 5.25. The van der Waals surface area contributed by atoms with Gasteiger partial charge in [-0.15, -0.1) is 12.4 Å². The van der Waals surface area contributed by atoms with Crippen molar-refractivity contribution >= 4 is 36.1 Å². The van der Waals surface area contributed by atoms with Crippen LogP contribution >= 0.6 is 12.4 Å². The van der Waals surface area contributed by atoms with Crippen LogP contribution in [0.2, 0.25) is 0 Å². The van der Waals surface area contributed by atoms with Crippen molar-refractivity contribution < 1.29 is 23.9 Å². The third-order valence-corrected chi connectivity index (χ3v) is 3.48. The average molecular weight is 364 g/mol. The Morgan fingerprint density at radius 3 is 2.54 bits per heavy atom. The van der Waals surface area contributed by atoms with Gasteiger partial charge < -0.3 is 15.8 Å². The molecular formula is C15H26ClN3O5. The predicted molar refractivity (Wildman–Crippen MR) is 89.2 cm³/mol. The topological polar surface area (TPSA) is 119 Å². The summed E-state index contributed by atoms with van der Waals surface area (Å²) in [4.78, 5) is 48.5. The number of amides is 3. The van der Waals surface area contributed by atoms with Gasteiger partial charge >= 0.3 is 5.97 Å². The Balaban J connectivity index is 0.00000529. The predicted octanol–water partition coefficient (Wildman–Crippen LogP) is -0.0215. The van der Waals surface area contributed by atoms with Gasteiger partial charge in [0.1, 0.15) is 12.6 Å². The number of hydrogen-bond donors (Lipinski definition) is 2. The molecule has 1 saturated heterocycles.